The summed E-state index contributed by atoms with van der Waals surface area (Å²) in [6, 6.07) is 6.86. The maximum atomic E-state index is 9.56. The Balaban J connectivity index is 2.60. The van der Waals surface area contributed by atoms with Crippen molar-refractivity contribution in [2.24, 2.45) is 0 Å². The van der Waals surface area contributed by atoms with Gasteiger partial charge in [0.25, 0.3) is 0 Å². The number of hydrogen-bond donors (Lipinski definition) is 2. The fourth-order valence-corrected chi connectivity index (χ4v) is 1.25. The summed E-state index contributed by atoms with van der Waals surface area (Å²) in [5.41, 5.74) is 7.27. The van der Waals surface area contributed by atoms with Crippen molar-refractivity contribution in [1.29, 1.82) is 0 Å². The first-order valence-corrected chi connectivity index (χ1v) is 4.20. The number of aromatic nitrogens is 1. The molecule has 14 heavy (non-hydrogen) atoms. The topological polar surface area (TPSA) is 72.3 Å². The lowest BCUT2D eigenvalue weighted by molar-refractivity contribution is 0.399. The van der Waals surface area contributed by atoms with Gasteiger partial charge in [0.1, 0.15) is 17.1 Å². The van der Waals surface area contributed by atoms with Gasteiger partial charge < -0.3 is 15.4 Å². The molecule has 4 heteroatoms. The number of hydrogen-bond acceptors (Lipinski definition) is 4. The molecule has 4 nitrogen and oxygen atoms in total. The van der Waals surface area contributed by atoms with E-state index in [1.54, 1.807) is 31.2 Å². The van der Waals surface area contributed by atoms with Crippen molar-refractivity contribution in [3.8, 4) is 17.0 Å². The molecule has 1 aromatic heterocycles. The number of benzene rings is 1. The third kappa shape index (κ3) is 1.21. The first-order valence-electron chi connectivity index (χ1n) is 4.20. The number of nitrogen functional groups attached to an aromatic ring is 1. The summed E-state index contributed by atoms with van der Waals surface area (Å²) < 4.78 is 4.92. The lowest BCUT2D eigenvalue weighted by Gasteiger charge is -1.99. The Labute approximate surface area is 81.0 Å². The summed E-state index contributed by atoms with van der Waals surface area (Å²) in [6.45, 7) is 1.73. The van der Waals surface area contributed by atoms with Crippen molar-refractivity contribution in [3.05, 3.63) is 30.0 Å². The molecular formula is C10H10N2O2. The van der Waals surface area contributed by atoms with Crippen molar-refractivity contribution in [2.75, 3.05) is 5.73 Å². The van der Waals surface area contributed by atoms with Crippen molar-refractivity contribution in [3.63, 3.8) is 0 Å². The molecule has 1 aromatic carbocycles. The second-order valence-corrected chi connectivity index (χ2v) is 3.02. The van der Waals surface area contributed by atoms with E-state index < -0.39 is 0 Å². The van der Waals surface area contributed by atoms with Gasteiger partial charge in [-0.2, -0.15) is 0 Å². The molecule has 0 unspecified atom stereocenters. The Morgan fingerprint density at radius 2 is 2.07 bits per heavy atom. The second kappa shape index (κ2) is 3.06. The maximum Gasteiger partial charge on any atom is 0.157 e. The van der Waals surface area contributed by atoms with E-state index in [0.717, 1.165) is 0 Å². The highest BCUT2D eigenvalue weighted by molar-refractivity contribution is 5.77. The largest absolute Gasteiger partial charge is 0.507 e. The van der Waals surface area contributed by atoms with Crippen LogP contribution in [0.1, 0.15) is 5.76 Å². The zero-order valence-corrected chi connectivity index (χ0v) is 7.69. The summed E-state index contributed by atoms with van der Waals surface area (Å²) >= 11 is 0. The zero-order valence-electron chi connectivity index (χ0n) is 7.69. The number of phenols is 1. The molecule has 1 heterocycles. The normalized spacial score (nSPS) is 10.4. The Bertz CT molecular complexity index is 463. The van der Waals surface area contributed by atoms with E-state index in [9.17, 15) is 5.11 Å². The first-order chi connectivity index (χ1) is 6.70. The number of phenolic OH excluding ortho intramolecular Hbond substituents is 1. The summed E-state index contributed by atoms with van der Waals surface area (Å²) in [7, 11) is 0. The number of para-hydroxylation sites is 1. The van der Waals surface area contributed by atoms with Gasteiger partial charge in [0.15, 0.2) is 5.76 Å². The molecule has 72 valence electrons. The van der Waals surface area contributed by atoms with Crippen LogP contribution in [-0.4, -0.2) is 10.3 Å². The highest BCUT2D eigenvalue weighted by atomic mass is 16.5. The molecule has 2 aromatic rings. The van der Waals surface area contributed by atoms with E-state index in [2.05, 4.69) is 5.16 Å². The molecule has 0 aliphatic rings. The third-order valence-corrected chi connectivity index (χ3v) is 2.07. The van der Waals surface area contributed by atoms with Crippen LogP contribution in [0.25, 0.3) is 11.3 Å². The number of nitrogens with two attached hydrogens (primary N) is 1. The average molecular weight is 190 g/mol. The number of aromatic hydroxyl groups is 1. The molecular weight excluding hydrogens is 180 g/mol. The van der Waals surface area contributed by atoms with E-state index >= 15 is 0 Å². The van der Waals surface area contributed by atoms with Gasteiger partial charge in [-0.25, -0.2) is 0 Å². The van der Waals surface area contributed by atoms with Crippen molar-refractivity contribution < 1.29 is 9.63 Å². The fourth-order valence-electron chi connectivity index (χ4n) is 1.25. The maximum absolute atomic E-state index is 9.56. The molecule has 0 bridgehead atoms. The number of nitrogens with zero attached hydrogens (tertiary/aromatic N) is 1. The highest BCUT2D eigenvalue weighted by Gasteiger charge is 2.13. The minimum atomic E-state index is 0.146. The zero-order chi connectivity index (χ0) is 10.1. The number of rotatable bonds is 1. The van der Waals surface area contributed by atoms with E-state index in [1.165, 1.54) is 0 Å². The molecule has 0 amide bonds. The molecule has 0 saturated heterocycles. The van der Waals surface area contributed by atoms with Crippen LogP contribution in [0.5, 0.6) is 5.75 Å². The van der Waals surface area contributed by atoms with Gasteiger partial charge in [0, 0.05) is 5.56 Å². The van der Waals surface area contributed by atoms with Gasteiger partial charge in [-0.05, 0) is 19.1 Å². The average Bonchev–Trinajstić information content (AvgIpc) is 2.49. The van der Waals surface area contributed by atoms with Crippen LogP contribution in [0.3, 0.4) is 0 Å². The monoisotopic (exact) mass is 190 g/mol. The minimum absolute atomic E-state index is 0.146. The Kier molecular flexibility index (Phi) is 1.89. The number of anilines is 1. The quantitative estimate of drug-likeness (QED) is 0.720. The van der Waals surface area contributed by atoms with Crippen LogP contribution in [0.2, 0.25) is 0 Å². The van der Waals surface area contributed by atoms with Crippen molar-refractivity contribution in [1.82, 2.24) is 5.16 Å². The highest BCUT2D eigenvalue weighted by Crippen LogP contribution is 2.32. The van der Waals surface area contributed by atoms with E-state index in [4.69, 9.17) is 10.3 Å². The minimum Gasteiger partial charge on any atom is -0.507 e. The van der Waals surface area contributed by atoms with Crippen molar-refractivity contribution in [2.45, 2.75) is 6.92 Å². The Hall–Kier alpha value is -1.97. The molecule has 0 radical (unpaired) electrons. The second-order valence-electron chi connectivity index (χ2n) is 3.02. The standard InChI is InChI=1S/C10H10N2O2/c1-6-9(11)10(12-14-6)7-4-2-3-5-8(7)13/h2-5,13H,11H2,1H3. The first kappa shape index (κ1) is 8.62. The SMILES string of the molecule is Cc1onc(-c2ccccc2O)c1N. The van der Waals surface area contributed by atoms with Gasteiger partial charge in [-0.1, -0.05) is 17.3 Å². The van der Waals surface area contributed by atoms with E-state index in [0.29, 0.717) is 22.7 Å². The summed E-state index contributed by atoms with van der Waals surface area (Å²) in [5, 5.41) is 13.3. The summed E-state index contributed by atoms with van der Waals surface area (Å²) in [6.07, 6.45) is 0. The van der Waals surface area contributed by atoms with Crippen LogP contribution in [0.15, 0.2) is 28.8 Å². The fraction of sp³-hybridized carbons (Fsp3) is 0.100. The van der Waals surface area contributed by atoms with Crippen LogP contribution < -0.4 is 5.73 Å². The van der Waals surface area contributed by atoms with Crippen LogP contribution >= 0.6 is 0 Å². The Morgan fingerprint density at radius 3 is 2.64 bits per heavy atom. The summed E-state index contributed by atoms with van der Waals surface area (Å²) in [4.78, 5) is 0. The van der Waals surface area contributed by atoms with Gasteiger partial charge in [-0.3, -0.25) is 0 Å². The van der Waals surface area contributed by atoms with Crippen LogP contribution in [-0.2, 0) is 0 Å². The molecule has 0 aliphatic heterocycles. The van der Waals surface area contributed by atoms with Crippen molar-refractivity contribution >= 4 is 5.69 Å². The molecule has 2 rings (SSSR count). The predicted molar refractivity (Wildman–Crippen MR) is 52.8 cm³/mol. The smallest absolute Gasteiger partial charge is 0.157 e. The van der Waals surface area contributed by atoms with E-state index in [-0.39, 0.29) is 5.75 Å². The molecule has 0 atom stereocenters. The lowest BCUT2D eigenvalue weighted by atomic mass is 10.1. The summed E-state index contributed by atoms with van der Waals surface area (Å²) in [5.74, 6) is 0.704. The van der Waals surface area contributed by atoms with Crippen LogP contribution in [0.4, 0.5) is 5.69 Å². The van der Waals surface area contributed by atoms with Gasteiger partial charge >= 0.3 is 0 Å². The van der Waals surface area contributed by atoms with E-state index in [1.807, 2.05) is 0 Å². The van der Waals surface area contributed by atoms with Crippen LogP contribution in [0, 0.1) is 6.92 Å². The molecule has 0 aliphatic carbocycles. The Morgan fingerprint density at radius 1 is 1.36 bits per heavy atom. The lowest BCUT2D eigenvalue weighted by Crippen LogP contribution is -1.88. The third-order valence-electron chi connectivity index (χ3n) is 2.07. The number of aryl methyl sites for hydroxylation is 1. The predicted octanol–water partition coefficient (Wildman–Crippen LogP) is 1.94. The van der Waals surface area contributed by atoms with Gasteiger partial charge in [0.05, 0.1) is 0 Å². The molecule has 0 spiro atoms. The molecule has 0 fully saturated rings. The molecule has 3 N–H and O–H groups in total. The molecule has 0 saturated carbocycles. The van der Waals surface area contributed by atoms with Gasteiger partial charge in [-0.15, -0.1) is 0 Å². The van der Waals surface area contributed by atoms with Gasteiger partial charge in [0.2, 0.25) is 0 Å².